The smallest absolute Gasteiger partial charge is 0.305 e. The van der Waals surface area contributed by atoms with Crippen molar-refractivity contribution < 1.29 is 76.3 Å². The van der Waals surface area contributed by atoms with Crippen LogP contribution in [-0.4, -0.2) is 138 Å². The van der Waals surface area contributed by atoms with E-state index in [1.807, 2.05) is 6.92 Å². The Morgan fingerprint density at radius 2 is 0.811 bits per heavy atom. The van der Waals surface area contributed by atoms with Crippen LogP contribution in [0.1, 0.15) is 243 Å². The third-order valence-electron chi connectivity index (χ3n) is 20.7. The fourth-order valence-electron chi connectivity index (χ4n) is 15.5. The number of ether oxygens (including phenoxy) is 13. The number of carbonyl (C=O) groups is 2. The van der Waals surface area contributed by atoms with Gasteiger partial charge in [-0.15, -0.1) is 0 Å². The second-order valence-corrected chi connectivity index (χ2v) is 28.1. The van der Waals surface area contributed by atoms with Crippen molar-refractivity contribution in [2.45, 2.75) is 319 Å². The highest BCUT2D eigenvalue weighted by molar-refractivity contribution is 5.69. The van der Waals surface area contributed by atoms with E-state index >= 15 is 0 Å². The predicted octanol–water partition coefficient (Wildman–Crippen LogP) is 16.8. The molecule has 10 rings (SSSR count). The van der Waals surface area contributed by atoms with Gasteiger partial charge in [-0.1, -0.05) is 91.9 Å². The Labute approximate surface area is 570 Å². The minimum atomic E-state index is -0.738. The van der Waals surface area contributed by atoms with Crippen molar-refractivity contribution in [1.29, 1.82) is 0 Å². The summed E-state index contributed by atoms with van der Waals surface area (Å²) in [7, 11) is 0. The maximum absolute atomic E-state index is 12.0. The fourth-order valence-corrected chi connectivity index (χ4v) is 15.5. The molecule has 6 heterocycles. The van der Waals surface area contributed by atoms with Gasteiger partial charge in [0, 0.05) is 65.3 Å². The second-order valence-electron chi connectivity index (χ2n) is 28.1. The highest BCUT2D eigenvalue weighted by Gasteiger charge is 2.48. The molecule has 6 saturated heterocycles. The minimum absolute atomic E-state index is 0.0377. The number of benzene rings is 2. The summed E-state index contributed by atoms with van der Waals surface area (Å²) >= 11 is 0. The molecule has 0 bridgehead atoms. The summed E-state index contributed by atoms with van der Waals surface area (Å²) in [5.74, 6) is 0.333. The standard InChI is InChI=1S/C41H64O8.C38H58O8/c1-2-27-43-38(42)19-9-4-3-8-18-34-35(26-25-33(47-39-20-10-13-28-44-39)24-23-32-16-6-5-7-17-32)37(49-41-22-12-15-30-46-41)31-36(34)48-40-21-11-14-29-45-40;39-35(40)17-7-2-1-6-16-31-32(24-23-30(44-36-18-8-11-25-41-36)22-21-29-14-4-3-5-15-29)34(46-38-20-10-13-27-43-38)28-33(31)45-37-19-9-12-26-42-37/h3,5-8,16-17,33-37,39-41H,2,4,9-15,18-31H2,1H3;1,3-6,14-15,30-34,36-38H,2,7-13,16-28H2,(H,39,40)/b8-3-;6-1-/t33-,34+,35+,36-,37+,39?,40?,41?;30-,31+,32+,33-,34+,36?,37?,38?/m00/s1. The molecule has 0 spiro atoms. The average molecular weight is 1330 g/mol. The third-order valence-corrected chi connectivity index (χ3v) is 20.7. The minimum Gasteiger partial charge on any atom is -0.481 e. The molecule has 95 heavy (non-hydrogen) atoms. The lowest BCUT2D eigenvalue weighted by Gasteiger charge is -2.33. The maximum Gasteiger partial charge on any atom is 0.305 e. The molecule has 16 nitrogen and oxygen atoms in total. The van der Waals surface area contributed by atoms with Gasteiger partial charge >= 0.3 is 11.9 Å². The Bertz CT molecular complexity index is 2370. The summed E-state index contributed by atoms with van der Waals surface area (Å²) in [6.07, 6.45) is 43.6. The number of esters is 1. The molecule has 2 aromatic rings. The van der Waals surface area contributed by atoms with Gasteiger partial charge in [-0.2, -0.15) is 0 Å². The first-order valence-corrected chi connectivity index (χ1v) is 38.2. The fraction of sp³-hybridized carbons (Fsp3) is 0.772. The van der Waals surface area contributed by atoms with Crippen LogP contribution >= 0.6 is 0 Å². The van der Waals surface area contributed by atoms with E-state index in [1.165, 1.54) is 11.1 Å². The average Bonchev–Trinajstić information content (AvgIpc) is 1.68. The number of aliphatic carboxylic acids is 1. The molecule has 6 aliphatic heterocycles. The van der Waals surface area contributed by atoms with Gasteiger partial charge in [0.05, 0.1) is 43.2 Å². The largest absolute Gasteiger partial charge is 0.481 e. The topological polar surface area (TPSA) is 174 Å². The highest BCUT2D eigenvalue weighted by Crippen LogP contribution is 2.46. The first-order valence-electron chi connectivity index (χ1n) is 38.2. The Hall–Kier alpha value is -3.62. The maximum atomic E-state index is 12.0. The number of hydrogen-bond acceptors (Lipinski definition) is 15. The van der Waals surface area contributed by atoms with Gasteiger partial charge in [0.1, 0.15) is 0 Å². The number of unbranched alkanes of at least 4 members (excludes halogenated alkanes) is 2. The summed E-state index contributed by atoms with van der Waals surface area (Å²) in [6, 6.07) is 21.4. The molecule has 1 N–H and O–H groups in total. The Kier molecular flexibility index (Phi) is 35.4. The number of carboxylic acid groups (broad SMARTS) is 1. The summed E-state index contributed by atoms with van der Waals surface area (Å²) in [5, 5.41) is 9.05. The molecule has 8 aliphatic rings. The molecule has 6 unspecified atom stereocenters. The third kappa shape index (κ3) is 28.1. The molecule has 2 aromatic carbocycles. The summed E-state index contributed by atoms with van der Waals surface area (Å²) < 4.78 is 82.3. The van der Waals surface area contributed by atoms with Crippen LogP contribution in [0.15, 0.2) is 85.0 Å². The predicted molar refractivity (Wildman–Crippen MR) is 366 cm³/mol. The van der Waals surface area contributed by atoms with E-state index in [0.717, 1.165) is 258 Å². The number of carbonyl (C=O) groups excluding carboxylic acids is 1. The second kappa shape index (κ2) is 44.5. The van der Waals surface area contributed by atoms with Crippen molar-refractivity contribution >= 4 is 11.9 Å². The number of allylic oxidation sites excluding steroid dienone is 4. The molecule has 16 atom stereocenters. The van der Waals surface area contributed by atoms with Crippen LogP contribution in [0.4, 0.5) is 0 Å². The van der Waals surface area contributed by atoms with Gasteiger partial charge in [0.25, 0.3) is 0 Å². The summed E-state index contributed by atoms with van der Waals surface area (Å²) in [6.45, 7) is 7.14. The van der Waals surface area contributed by atoms with E-state index < -0.39 is 5.97 Å². The van der Waals surface area contributed by atoms with Gasteiger partial charge in [-0.05, 0) is 247 Å². The van der Waals surface area contributed by atoms with Crippen molar-refractivity contribution in [2.24, 2.45) is 23.7 Å². The molecule has 16 heteroatoms. The van der Waals surface area contributed by atoms with E-state index in [1.54, 1.807) is 0 Å². The van der Waals surface area contributed by atoms with Crippen molar-refractivity contribution in [3.63, 3.8) is 0 Å². The molecule has 8 fully saturated rings. The lowest BCUT2D eigenvalue weighted by atomic mass is 9.85. The zero-order chi connectivity index (χ0) is 65.8. The van der Waals surface area contributed by atoms with E-state index in [-0.39, 0.29) is 98.6 Å². The molecule has 2 saturated carbocycles. The SMILES string of the molecule is CCCOC(=O)CCC/C=C\C[C@@H]1[C@@H](CC[C@H](CCc2ccccc2)OC2CCCCO2)[C@H](OC2CCCCO2)C[C@@H]1OC1CCCCO1.O=C(O)CCC/C=C\C[C@@H]1[C@@H](CC[C@H](CCc2ccccc2)OC2CCCCO2)[C@H](OC2CCCCO2)C[C@@H]1OC1CCCCO1. The van der Waals surface area contributed by atoms with Crippen molar-refractivity contribution in [2.75, 3.05) is 46.2 Å². The lowest BCUT2D eigenvalue weighted by Crippen LogP contribution is -2.33. The number of aryl methyl sites for hydroxylation is 2. The van der Waals surface area contributed by atoms with Crippen LogP contribution < -0.4 is 0 Å². The lowest BCUT2D eigenvalue weighted by molar-refractivity contribution is -0.205. The van der Waals surface area contributed by atoms with Crippen molar-refractivity contribution in [3.05, 3.63) is 96.1 Å². The number of hydrogen-bond donors (Lipinski definition) is 1. The molecule has 0 radical (unpaired) electrons. The summed E-state index contributed by atoms with van der Waals surface area (Å²) in [5.41, 5.74) is 2.68. The zero-order valence-electron chi connectivity index (χ0n) is 58.0. The molecule has 0 aromatic heterocycles. The van der Waals surface area contributed by atoms with Crippen LogP contribution in [0, 0.1) is 23.7 Å². The molecule has 0 amide bonds. The van der Waals surface area contributed by atoms with E-state index in [4.69, 9.17) is 66.7 Å². The number of carboxylic acids is 1. The van der Waals surface area contributed by atoms with Gasteiger partial charge in [0.15, 0.2) is 37.7 Å². The van der Waals surface area contributed by atoms with Crippen LogP contribution in [0.25, 0.3) is 0 Å². The van der Waals surface area contributed by atoms with Crippen molar-refractivity contribution in [1.82, 2.24) is 0 Å². The molecule has 2 aliphatic carbocycles. The first-order chi connectivity index (χ1) is 46.8. The van der Waals surface area contributed by atoms with E-state index in [9.17, 15) is 9.59 Å². The molecular formula is C79H122O16. The van der Waals surface area contributed by atoms with Crippen LogP contribution in [0.2, 0.25) is 0 Å². The van der Waals surface area contributed by atoms with Crippen LogP contribution in [-0.2, 0) is 84.0 Å². The Morgan fingerprint density at radius 3 is 1.16 bits per heavy atom. The highest BCUT2D eigenvalue weighted by atomic mass is 16.7. The summed E-state index contributed by atoms with van der Waals surface area (Å²) in [4.78, 5) is 23.0. The van der Waals surface area contributed by atoms with Crippen LogP contribution in [0.5, 0.6) is 0 Å². The van der Waals surface area contributed by atoms with Gasteiger partial charge < -0.3 is 66.7 Å². The molecular weight excluding hydrogens is 1200 g/mol. The van der Waals surface area contributed by atoms with E-state index in [0.29, 0.717) is 31.3 Å². The first kappa shape index (κ1) is 75.6. The van der Waals surface area contributed by atoms with Gasteiger partial charge in [-0.25, -0.2) is 0 Å². The zero-order valence-corrected chi connectivity index (χ0v) is 58.0. The Balaban J connectivity index is 0.000000224. The van der Waals surface area contributed by atoms with Gasteiger partial charge in [0.2, 0.25) is 0 Å². The van der Waals surface area contributed by atoms with Crippen LogP contribution in [0.3, 0.4) is 0 Å². The Morgan fingerprint density at radius 1 is 0.453 bits per heavy atom. The van der Waals surface area contributed by atoms with Crippen molar-refractivity contribution in [3.8, 4) is 0 Å². The van der Waals surface area contributed by atoms with E-state index in [2.05, 4.69) is 85.0 Å². The number of rotatable bonds is 38. The monoisotopic (exact) mass is 1330 g/mol. The van der Waals surface area contributed by atoms with Gasteiger partial charge in [-0.3, -0.25) is 9.59 Å². The quantitative estimate of drug-likeness (QED) is 0.0382. The normalized spacial score (nSPS) is 30.6. The molecule has 534 valence electrons.